The van der Waals surface area contributed by atoms with Gasteiger partial charge in [0.15, 0.2) is 0 Å². The number of nitrogens with one attached hydrogen (secondary N) is 1. The lowest BCUT2D eigenvalue weighted by Gasteiger charge is -2.12. The van der Waals surface area contributed by atoms with Crippen LogP contribution in [0, 0.1) is 6.92 Å². The Labute approximate surface area is 88.6 Å². The predicted molar refractivity (Wildman–Crippen MR) is 56.9 cm³/mol. The van der Waals surface area contributed by atoms with Crippen LogP contribution in [-0.4, -0.2) is 28.8 Å². The van der Waals surface area contributed by atoms with Crippen molar-refractivity contribution in [3.05, 3.63) is 29.3 Å². The summed E-state index contributed by atoms with van der Waals surface area (Å²) in [6, 6.07) is 4.48. The number of benzene rings is 1. The van der Waals surface area contributed by atoms with Gasteiger partial charge in [0.1, 0.15) is 5.75 Å². The lowest BCUT2D eigenvalue weighted by Crippen LogP contribution is -2.35. The van der Waals surface area contributed by atoms with Gasteiger partial charge in [-0.05, 0) is 26.0 Å². The predicted octanol–water partition coefficient (Wildman–Crippen LogP) is 0.811. The Morgan fingerprint density at radius 2 is 2.20 bits per heavy atom. The largest absolute Gasteiger partial charge is 0.508 e. The summed E-state index contributed by atoms with van der Waals surface area (Å²) in [5, 5.41) is 20.8. The first kappa shape index (κ1) is 11.5. The van der Waals surface area contributed by atoms with E-state index in [9.17, 15) is 9.90 Å². The number of carbonyl (C=O) groups is 1. The number of carbonyl (C=O) groups excluding carboxylic acids is 1. The SMILES string of the molecule is Cc1c(O)cccc1C(=O)N[C@@H](C)CO. The van der Waals surface area contributed by atoms with Gasteiger partial charge in [0, 0.05) is 17.2 Å². The molecule has 82 valence electrons. The van der Waals surface area contributed by atoms with E-state index in [1.165, 1.54) is 6.07 Å². The molecule has 3 N–H and O–H groups in total. The minimum Gasteiger partial charge on any atom is -0.508 e. The van der Waals surface area contributed by atoms with E-state index >= 15 is 0 Å². The van der Waals surface area contributed by atoms with Crippen LogP contribution in [0.5, 0.6) is 5.75 Å². The van der Waals surface area contributed by atoms with Crippen LogP contribution in [0.25, 0.3) is 0 Å². The van der Waals surface area contributed by atoms with E-state index in [0.717, 1.165) is 0 Å². The van der Waals surface area contributed by atoms with Crippen LogP contribution in [0.4, 0.5) is 0 Å². The molecule has 0 aromatic heterocycles. The number of amides is 1. The van der Waals surface area contributed by atoms with Gasteiger partial charge < -0.3 is 15.5 Å². The Hall–Kier alpha value is -1.55. The third-order valence-electron chi connectivity index (χ3n) is 2.20. The van der Waals surface area contributed by atoms with Crippen molar-refractivity contribution in [3.8, 4) is 5.75 Å². The van der Waals surface area contributed by atoms with Crippen molar-refractivity contribution >= 4 is 5.91 Å². The van der Waals surface area contributed by atoms with Gasteiger partial charge in [-0.1, -0.05) is 6.07 Å². The number of hydrogen-bond donors (Lipinski definition) is 3. The molecule has 0 saturated carbocycles. The zero-order chi connectivity index (χ0) is 11.4. The van der Waals surface area contributed by atoms with E-state index in [0.29, 0.717) is 11.1 Å². The monoisotopic (exact) mass is 209 g/mol. The van der Waals surface area contributed by atoms with Gasteiger partial charge in [-0.15, -0.1) is 0 Å². The molecule has 1 aromatic carbocycles. The lowest BCUT2D eigenvalue weighted by molar-refractivity contribution is 0.0921. The molecule has 0 radical (unpaired) electrons. The van der Waals surface area contributed by atoms with Crippen LogP contribution < -0.4 is 5.32 Å². The topological polar surface area (TPSA) is 69.6 Å². The van der Waals surface area contributed by atoms with Gasteiger partial charge in [0.25, 0.3) is 5.91 Å². The summed E-state index contributed by atoms with van der Waals surface area (Å²) in [6.45, 7) is 3.27. The number of phenolic OH excluding ortho intramolecular Hbond substituents is 1. The molecule has 1 rings (SSSR count). The molecular weight excluding hydrogens is 194 g/mol. The summed E-state index contributed by atoms with van der Waals surface area (Å²) in [5.74, 6) is -0.191. The maximum atomic E-state index is 11.7. The Kier molecular flexibility index (Phi) is 3.68. The molecule has 1 amide bonds. The minimum atomic E-state index is -0.292. The van der Waals surface area contributed by atoms with Crippen LogP contribution >= 0.6 is 0 Å². The summed E-state index contributed by atoms with van der Waals surface area (Å²) in [4.78, 5) is 11.7. The van der Waals surface area contributed by atoms with Crippen LogP contribution in [0.1, 0.15) is 22.8 Å². The average molecular weight is 209 g/mol. The number of aliphatic hydroxyl groups excluding tert-OH is 1. The molecule has 0 aliphatic carbocycles. The van der Waals surface area contributed by atoms with Gasteiger partial charge >= 0.3 is 0 Å². The minimum absolute atomic E-state index is 0.0966. The number of aliphatic hydroxyl groups is 1. The summed E-state index contributed by atoms with van der Waals surface area (Å²) >= 11 is 0. The molecule has 0 heterocycles. The fourth-order valence-electron chi connectivity index (χ4n) is 1.22. The molecule has 0 unspecified atom stereocenters. The Morgan fingerprint density at radius 3 is 2.80 bits per heavy atom. The highest BCUT2D eigenvalue weighted by molar-refractivity contribution is 5.96. The molecular formula is C11H15NO3. The maximum absolute atomic E-state index is 11.7. The number of hydrogen-bond acceptors (Lipinski definition) is 3. The van der Waals surface area contributed by atoms with Gasteiger partial charge in [0.05, 0.1) is 6.61 Å². The van der Waals surface area contributed by atoms with Crippen LogP contribution in [0.3, 0.4) is 0 Å². The molecule has 15 heavy (non-hydrogen) atoms. The van der Waals surface area contributed by atoms with Crippen LogP contribution in [0.2, 0.25) is 0 Å². The molecule has 4 heteroatoms. The number of aromatic hydroxyl groups is 1. The lowest BCUT2D eigenvalue weighted by atomic mass is 10.1. The Balaban J connectivity index is 2.87. The van der Waals surface area contributed by atoms with Gasteiger partial charge in [-0.25, -0.2) is 0 Å². The second-order valence-electron chi connectivity index (χ2n) is 3.51. The first-order valence-corrected chi connectivity index (χ1v) is 4.76. The number of phenols is 1. The normalized spacial score (nSPS) is 12.2. The van der Waals surface area contributed by atoms with Crippen molar-refractivity contribution in [1.82, 2.24) is 5.32 Å². The second-order valence-corrected chi connectivity index (χ2v) is 3.51. The molecule has 0 aliphatic rings. The third-order valence-corrected chi connectivity index (χ3v) is 2.20. The molecule has 4 nitrogen and oxygen atoms in total. The molecule has 0 aliphatic heterocycles. The van der Waals surface area contributed by atoms with E-state index in [2.05, 4.69) is 5.32 Å². The Morgan fingerprint density at radius 1 is 1.53 bits per heavy atom. The van der Waals surface area contributed by atoms with Crippen LogP contribution in [0.15, 0.2) is 18.2 Å². The molecule has 0 fully saturated rings. The standard InChI is InChI=1S/C11H15NO3/c1-7(6-13)12-11(15)9-4-3-5-10(14)8(9)2/h3-5,7,13-14H,6H2,1-2H3,(H,12,15)/t7-/m0/s1. The first-order valence-electron chi connectivity index (χ1n) is 4.76. The molecule has 1 aromatic rings. The van der Waals surface area contributed by atoms with Crippen molar-refractivity contribution in [2.45, 2.75) is 19.9 Å². The van der Waals surface area contributed by atoms with E-state index in [1.54, 1.807) is 26.0 Å². The number of rotatable bonds is 3. The Bertz CT molecular complexity index is 363. The zero-order valence-corrected chi connectivity index (χ0v) is 8.82. The summed E-state index contributed by atoms with van der Waals surface area (Å²) in [7, 11) is 0. The van der Waals surface area contributed by atoms with Gasteiger partial charge in [0.2, 0.25) is 0 Å². The molecule has 0 spiro atoms. The van der Waals surface area contributed by atoms with E-state index < -0.39 is 0 Å². The van der Waals surface area contributed by atoms with Crippen molar-refractivity contribution in [2.24, 2.45) is 0 Å². The summed E-state index contributed by atoms with van der Waals surface area (Å²) in [5.41, 5.74) is 0.968. The molecule has 0 saturated heterocycles. The van der Waals surface area contributed by atoms with Crippen molar-refractivity contribution in [2.75, 3.05) is 6.61 Å². The first-order chi connectivity index (χ1) is 7.06. The maximum Gasteiger partial charge on any atom is 0.251 e. The van der Waals surface area contributed by atoms with E-state index in [4.69, 9.17) is 5.11 Å². The van der Waals surface area contributed by atoms with Crippen molar-refractivity contribution in [3.63, 3.8) is 0 Å². The molecule has 0 bridgehead atoms. The zero-order valence-electron chi connectivity index (χ0n) is 8.82. The van der Waals surface area contributed by atoms with E-state index in [-0.39, 0.29) is 24.3 Å². The molecule has 1 atom stereocenters. The summed E-state index contributed by atoms with van der Waals surface area (Å²) < 4.78 is 0. The van der Waals surface area contributed by atoms with Gasteiger partial charge in [-0.3, -0.25) is 4.79 Å². The summed E-state index contributed by atoms with van der Waals surface area (Å²) in [6.07, 6.45) is 0. The van der Waals surface area contributed by atoms with Crippen molar-refractivity contribution < 1.29 is 15.0 Å². The highest BCUT2D eigenvalue weighted by Gasteiger charge is 2.12. The van der Waals surface area contributed by atoms with Crippen molar-refractivity contribution in [1.29, 1.82) is 0 Å². The fourth-order valence-corrected chi connectivity index (χ4v) is 1.22. The highest BCUT2D eigenvalue weighted by atomic mass is 16.3. The van der Waals surface area contributed by atoms with E-state index in [1.807, 2.05) is 0 Å². The van der Waals surface area contributed by atoms with Gasteiger partial charge in [-0.2, -0.15) is 0 Å². The smallest absolute Gasteiger partial charge is 0.251 e. The second kappa shape index (κ2) is 4.79. The fraction of sp³-hybridized carbons (Fsp3) is 0.364. The third kappa shape index (κ3) is 2.70. The average Bonchev–Trinajstić information content (AvgIpc) is 2.21. The quantitative estimate of drug-likeness (QED) is 0.690. The van der Waals surface area contributed by atoms with Crippen LogP contribution in [-0.2, 0) is 0 Å². The highest BCUT2D eigenvalue weighted by Crippen LogP contribution is 2.19.